The number of benzene rings is 1. The summed E-state index contributed by atoms with van der Waals surface area (Å²) >= 11 is 1.45. The highest BCUT2D eigenvalue weighted by molar-refractivity contribution is 7.20. The van der Waals surface area contributed by atoms with E-state index in [1.165, 1.54) is 30.8 Å². The van der Waals surface area contributed by atoms with Gasteiger partial charge in [0.2, 0.25) is 0 Å². The lowest BCUT2D eigenvalue weighted by Gasteiger charge is -2.34. The van der Waals surface area contributed by atoms with Crippen LogP contribution in [-0.2, 0) is 0 Å². The first-order chi connectivity index (χ1) is 14.0. The summed E-state index contributed by atoms with van der Waals surface area (Å²) in [4.78, 5) is 21.4. The zero-order valence-corrected chi connectivity index (χ0v) is 18.2. The van der Waals surface area contributed by atoms with Crippen LogP contribution in [-0.4, -0.2) is 49.1 Å². The first kappa shape index (κ1) is 20.1. The number of carbonyl (C=O) groups excluding carboxylic acids is 1. The van der Waals surface area contributed by atoms with E-state index in [0.29, 0.717) is 6.54 Å². The number of piperidine rings is 1. The summed E-state index contributed by atoms with van der Waals surface area (Å²) in [7, 11) is 1.65. The predicted octanol–water partition coefficient (Wildman–Crippen LogP) is 4.56. The van der Waals surface area contributed by atoms with Crippen LogP contribution in [0, 0.1) is 11.8 Å². The molecule has 6 heteroatoms. The fraction of sp³-hybridized carbons (Fsp3) is 0.478. The van der Waals surface area contributed by atoms with E-state index < -0.39 is 0 Å². The maximum atomic E-state index is 12.6. The molecule has 0 radical (unpaired) electrons. The van der Waals surface area contributed by atoms with Crippen LogP contribution in [0.4, 0.5) is 0 Å². The summed E-state index contributed by atoms with van der Waals surface area (Å²) in [6.45, 7) is 8.78. The van der Waals surface area contributed by atoms with Crippen LogP contribution in [0.3, 0.4) is 0 Å². The van der Waals surface area contributed by atoms with Gasteiger partial charge >= 0.3 is 0 Å². The van der Waals surface area contributed by atoms with Gasteiger partial charge in [0.25, 0.3) is 5.91 Å². The Morgan fingerprint density at radius 2 is 2.00 bits per heavy atom. The van der Waals surface area contributed by atoms with Gasteiger partial charge in [0.05, 0.1) is 17.5 Å². The van der Waals surface area contributed by atoms with E-state index >= 15 is 0 Å². The number of hydrogen-bond donors (Lipinski definition) is 1. The lowest BCUT2D eigenvalue weighted by atomic mass is 9.92. The third-order valence-electron chi connectivity index (χ3n) is 5.62. The molecule has 3 aromatic rings. The fourth-order valence-electron chi connectivity index (χ4n) is 4.41. The Hall–Kier alpha value is -2.18. The molecule has 3 heterocycles. The third-order valence-corrected chi connectivity index (χ3v) is 6.66. The highest BCUT2D eigenvalue weighted by Crippen LogP contribution is 2.29. The largest absolute Gasteiger partial charge is 0.497 e. The minimum absolute atomic E-state index is 0.00461. The Morgan fingerprint density at radius 1 is 1.21 bits per heavy atom. The molecule has 0 saturated carbocycles. The predicted molar refractivity (Wildman–Crippen MR) is 120 cm³/mol. The molecular formula is C23H29N3O2S. The number of nitrogens with zero attached hydrogens (tertiary/aromatic N) is 2. The zero-order valence-electron chi connectivity index (χ0n) is 17.4. The van der Waals surface area contributed by atoms with E-state index in [4.69, 9.17) is 9.72 Å². The summed E-state index contributed by atoms with van der Waals surface area (Å²) in [6, 6.07) is 9.89. The molecule has 1 N–H and O–H groups in total. The summed E-state index contributed by atoms with van der Waals surface area (Å²) < 4.78 is 5.28. The molecule has 5 nitrogen and oxygen atoms in total. The van der Waals surface area contributed by atoms with Gasteiger partial charge in [-0.1, -0.05) is 13.8 Å². The van der Waals surface area contributed by atoms with Gasteiger partial charge in [0.15, 0.2) is 0 Å². The monoisotopic (exact) mass is 411 g/mol. The van der Waals surface area contributed by atoms with E-state index in [2.05, 4.69) is 30.1 Å². The molecule has 1 aliphatic rings. The van der Waals surface area contributed by atoms with E-state index in [1.54, 1.807) is 7.11 Å². The van der Waals surface area contributed by atoms with Gasteiger partial charge in [0.1, 0.15) is 10.6 Å². The van der Waals surface area contributed by atoms with Crippen LogP contribution in [0.25, 0.3) is 21.1 Å². The van der Waals surface area contributed by atoms with E-state index in [1.807, 2.05) is 24.3 Å². The maximum Gasteiger partial charge on any atom is 0.261 e. The van der Waals surface area contributed by atoms with Crippen LogP contribution in [0.2, 0.25) is 0 Å². The van der Waals surface area contributed by atoms with Crippen molar-refractivity contribution in [3.63, 3.8) is 0 Å². The number of fused-ring (bicyclic) bond motifs is 2. The molecular weight excluding hydrogens is 382 g/mol. The first-order valence-corrected chi connectivity index (χ1v) is 11.2. The Morgan fingerprint density at radius 3 is 2.76 bits per heavy atom. The smallest absolute Gasteiger partial charge is 0.261 e. The number of nitrogens with one attached hydrogen (secondary N) is 1. The van der Waals surface area contributed by atoms with Gasteiger partial charge in [0, 0.05) is 36.5 Å². The highest BCUT2D eigenvalue weighted by atomic mass is 32.1. The van der Waals surface area contributed by atoms with Crippen molar-refractivity contribution in [1.82, 2.24) is 15.2 Å². The van der Waals surface area contributed by atoms with Crippen molar-refractivity contribution in [2.24, 2.45) is 11.8 Å². The van der Waals surface area contributed by atoms with Crippen LogP contribution >= 0.6 is 11.3 Å². The number of rotatable bonds is 6. The maximum absolute atomic E-state index is 12.6. The van der Waals surface area contributed by atoms with Crippen LogP contribution < -0.4 is 10.1 Å². The van der Waals surface area contributed by atoms with E-state index in [-0.39, 0.29) is 5.91 Å². The number of methoxy groups -OCH3 is 1. The highest BCUT2D eigenvalue weighted by Gasteiger charge is 2.21. The normalized spacial score (nSPS) is 20.2. The number of likely N-dealkylation sites (tertiary alicyclic amines) is 1. The zero-order chi connectivity index (χ0) is 20.4. The number of pyridine rings is 1. The average Bonchev–Trinajstić information content (AvgIpc) is 3.11. The second-order valence-electron chi connectivity index (χ2n) is 8.37. The van der Waals surface area contributed by atoms with E-state index in [0.717, 1.165) is 56.5 Å². The Balaban J connectivity index is 1.36. The third kappa shape index (κ3) is 4.70. The van der Waals surface area contributed by atoms with Gasteiger partial charge < -0.3 is 15.0 Å². The standard InChI is InChI=1S/C23H29N3O2S/c1-15-9-16(2)14-26(13-15)8-4-7-24-22(27)21-11-18-10-17-5-6-19(28-3)12-20(17)25-23(18)29-21/h5-6,10-12,15-16H,4,7-9,13-14H2,1-3H3,(H,24,27). The number of aromatic nitrogens is 1. The van der Waals surface area contributed by atoms with Crippen molar-refractivity contribution in [2.45, 2.75) is 26.7 Å². The number of hydrogen-bond acceptors (Lipinski definition) is 5. The molecule has 1 saturated heterocycles. The molecule has 1 aromatic carbocycles. The number of ether oxygens (including phenoxy) is 1. The number of thiophene rings is 1. The topological polar surface area (TPSA) is 54.5 Å². The molecule has 0 spiro atoms. The molecule has 1 aliphatic heterocycles. The Labute approximate surface area is 176 Å². The summed E-state index contributed by atoms with van der Waals surface area (Å²) in [6.07, 6.45) is 2.31. The van der Waals surface area contributed by atoms with Gasteiger partial charge in [-0.15, -0.1) is 11.3 Å². The lowest BCUT2D eigenvalue weighted by molar-refractivity contribution is 0.0951. The molecule has 1 amide bonds. The van der Waals surface area contributed by atoms with Gasteiger partial charge in [-0.05, 0) is 55.5 Å². The second kappa shape index (κ2) is 8.67. The van der Waals surface area contributed by atoms with Crippen molar-refractivity contribution in [3.05, 3.63) is 35.2 Å². The van der Waals surface area contributed by atoms with Crippen molar-refractivity contribution in [1.29, 1.82) is 0 Å². The van der Waals surface area contributed by atoms with Crippen molar-refractivity contribution in [3.8, 4) is 5.75 Å². The molecule has 2 atom stereocenters. The number of amides is 1. The number of carbonyl (C=O) groups is 1. The quantitative estimate of drug-likeness (QED) is 0.605. The molecule has 2 unspecified atom stereocenters. The fourth-order valence-corrected chi connectivity index (χ4v) is 5.35. The molecule has 0 bridgehead atoms. The molecule has 154 valence electrons. The molecule has 4 rings (SSSR count). The molecule has 0 aliphatic carbocycles. The average molecular weight is 412 g/mol. The minimum Gasteiger partial charge on any atom is -0.497 e. The van der Waals surface area contributed by atoms with E-state index in [9.17, 15) is 4.79 Å². The van der Waals surface area contributed by atoms with Crippen LogP contribution in [0.15, 0.2) is 30.3 Å². The molecule has 29 heavy (non-hydrogen) atoms. The van der Waals surface area contributed by atoms with Gasteiger partial charge in [-0.25, -0.2) is 4.98 Å². The summed E-state index contributed by atoms with van der Waals surface area (Å²) in [5.74, 6) is 2.33. The summed E-state index contributed by atoms with van der Waals surface area (Å²) in [5, 5.41) is 5.14. The Kier molecular flexibility index (Phi) is 6.01. The minimum atomic E-state index is -0.00461. The van der Waals surface area contributed by atoms with Crippen molar-refractivity contribution in [2.75, 3.05) is 33.3 Å². The first-order valence-electron chi connectivity index (χ1n) is 10.4. The summed E-state index contributed by atoms with van der Waals surface area (Å²) in [5.41, 5.74) is 0.885. The van der Waals surface area contributed by atoms with Gasteiger partial charge in [-0.3, -0.25) is 4.79 Å². The van der Waals surface area contributed by atoms with Crippen LogP contribution in [0.5, 0.6) is 5.75 Å². The molecule has 2 aromatic heterocycles. The SMILES string of the molecule is COc1ccc2cc3cc(C(=O)NCCCN4CC(C)CC(C)C4)sc3nc2c1. The lowest BCUT2D eigenvalue weighted by Crippen LogP contribution is -2.40. The van der Waals surface area contributed by atoms with Crippen molar-refractivity contribution >= 4 is 38.4 Å². The Bertz CT molecular complexity index is 1010. The van der Waals surface area contributed by atoms with Gasteiger partial charge in [-0.2, -0.15) is 0 Å². The second-order valence-corrected chi connectivity index (χ2v) is 9.40. The van der Waals surface area contributed by atoms with Crippen molar-refractivity contribution < 1.29 is 9.53 Å². The molecule has 1 fully saturated rings. The van der Waals surface area contributed by atoms with Crippen LogP contribution in [0.1, 0.15) is 36.4 Å².